The van der Waals surface area contributed by atoms with Crippen molar-refractivity contribution in [2.45, 2.75) is 4.90 Å². The van der Waals surface area contributed by atoms with E-state index < -0.39 is 14.9 Å². The summed E-state index contributed by atoms with van der Waals surface area (Å²) in [4.78, 5) is 15.9. The van der Waals surface area contributed by atoms with Crippen LogP contribution in [0.2, 0.25) is 0 Å². The van der Waals surface area contributed by atoms with Gasteiger partial charge in [-0.15, -0.1) is 11.3 Å². The molecular weight excluding hydrogens is 566 g/mol. The van der Waals surface area contributed by atoms with Crippen LogP contribution in [0.25, 0.3) is 22.0 Å². The fraction of sp³-hybridized carbons (Fsp3) is 0.143. The molecule has 2 aromatic heterocycles. The lowest BCUT2D eigenvalue weighted by Gasteiger charge is -2.26. The Balaban J connectivity index is 1.42. The van der Waals surface area contributed by atoms with Gasteiger partial charge < -0.3 is 9.15 Å². The number of ether oxygens (including phenoxy) is 1. The Bertz CT molecular complexity index is 1930. The van der Waals surface area contributed by atoms with Crippen molar-refractivity contribution in [3.8, 4) is 11.3 Å². The summed E-state index contributed by atoms with van der Waals surface area (Å²) in [6.07, 6.45) is 1.39. The van der Waals surface area contributed by atoms with Crippen LogP contribution in [0.1, 0.15) is 5.76 Å². The van der Waals surface area contributed by atoms with Crippen molar-refractivity contribution < 1.29 is 22.5 Å². The Kier molecular flexibility index (Phi) is 7.32. The second kappa shape index (κ2) is 11.2. The van der Waals surface area contributed by atoms with Gasteiger partial charge in [0.15, 0.2) is 5.76 Å². The minimum absolute atomic E-state index is 0.186. The van der Waals surface area contributed by atoms with Crippen molar-refractivity contribution in [1.29, 1.82) is 0 Å². The van der Waals surface area contributed by atoms with Crippen LogP contribution in [0.5, 0.6) is 0 Å². The van der Waals surface area contributed by atoms with Gasteiger partial charge in [-0.3, -0.25) is 10.1 Å². The predicted molar refractivity (Wildman–Crippen MR) is 155 cm³/mol. The van der Waals surface area contributed by atoms with Crippen LogP contribution >= 0.6 is 11.3 Å². The maximum atomic E-state index is 13.0. The van der Waals surface area contributed by atoms with Gasteiger partial charge in [-0.25, -0.2) is 18.1 Å². The Morgan fingerprint density at radius 1 is 0.951 bits per heavy atom. The molecule has 0 aliphatic carbocycles. The number of furan rings is 1. The van der Waals surface area contributed by atoms with Gasteiger partial charge >= 0.3 is 5.88 Å². The van der Waals surface area contributed by atoms with Crippen LogP contribution in [0.3, 0.4) is 0 Å². The third-order valence-electron chi connectivity index (χ3n) is 6.51. The van der Waals surface area contributed by atoms with E-state index in [-0.39, 0.29) is 16.5 Å². The summed E-state index contributed by atoms with van der Waals surface area (Å²) in [6.45, 7) is 1.38. The molecule has 11 nitrogen and oxygen atoms in total. The van der Waals surface area contributed by atoms with E-state index in [9.17, 15) is 18.5 Å². The van der Waals surface area contributed by atoms with E-state index in [1.807, 2.05) is 47.8 Å². The topological polar surface area (TPSA) is 133 Å². The number of benzene rings is 3. The van der Waals surface area contributed by atoms with Gasteiger partial charge in [0, 0.05) is 24.0 Å². The average molecular weight is 590 g/mol. The second-order valence-electron chi connectivity index (χ2n) is 9.04. The SMILES string of the molecule is O=[N+]([O-])c1ccc(C=Nn2c(-c3cccc4ccccc34)csc2=Nc2ccc(S(=O)(=O)N3CCOCC3)cc2)o1. The van der Waals surface area contributed by atoms with Gasteiger partial charge in [0.1, 0.15) is 4.92 Å². The molecule has 3 aromatic carbocycles. The number of hydrogen-bond donors (Lipinski definition) is 0. The molecule has 6 rings (SSSR count). The minimum atomic E-state index is -3.63. The molecule has 1 saturated heterocycles. The number of aromatic nitrogens is 1. The predicted octanol–water partition coefficient (Wildman–Crippen LogP) is 5.01. The summed E-state index contributed by atoms with van der Waals surface area (Å²) < 4.78 is 39.6. The zero-order chi connectivity index (χ0) is 28.4. The van der Waals surface area contributed by atoms with Crippen molar-refractivity contribution in [2.75, 3.05) is 26.3 Å². The van der Waals surface area contributed by atoms with Crippen LogP contribution in [-0.4, -0.2) is 54.8 Å². The zero-order valence-electron chi connectivity index (χ0n) is 21.5. The molecule has 0 N–H and O–H groups in total. The van der Waals surface area contributed by atoms with Gasteiger partial charge in [0.2, 0.25) is 14.8 Å². The smallest absolute Gasteiger partial charge is 0.400 e. The highest BCUT2D eigenvalue weighted by Gasteiger charge is 2.26. The molecule has 3 heterocycles. The molecule has 41 heavy (non-hydrogen) atoms. The largest absolute Gasteiger partial charge is 0.433 e. The van der Waals surface area contributed by atoms with E-state index in [0.29, 0.717) is 36.8 Å². The summed E-state index contributed by atoms with van der Waals surface area (Å²) in [6, 6.07) is 23.1. The number of fused-ring (bicyclic) bond motifs is 1. The lowest BCUT2D eigenvalue weighted by molar-refractivity contribution is -0.402. The molecule has 0 radical (unpaired) electrons. The maximum absolute atomic E-state index is 13.0. The first-order valence-corrected chi connectivity index (χ1v) is 14.9. The van der Waals surface area contributed by atoms with Crippen molar-refractivity contribution in [2.24, 2.45) is 10.1 Å². The van der Waals surface area contributed by atoms with Crippen LogP contribution in [0.4, 0.5) is 11.6 Å². The molecule has 0 saturated carbocycles. The zero-order valence-corrected chi connectivity index (χ0v) is 23.1. The fourth-order valence-electron chi connectivity index (χ4n) is 4.49. The third-order valence-corrected chi connectivity index (χ3v) is 9.24. The lowest BCUT2D eigenvalue weighted by Crippen LogP contribution is -2.40. The van der Waals surface area contributed by atoms with Crippen LogP contribution in [0, 0.1) is 10.1 Å². The van der Waals surface area contributed by atoms with Gasteiger partial charge in [-0.1, -0.05) is 42.5 Å². The van der Waals surface area contributed by atoms with Gasteiger partial charge in [-0.05, 0) is 41.1 Å². The Morgan fingerprint density at radius 2 is 1.71 bits per heavy atom. The third kappa shape index (κ3) is 5.47. The molecule has 1 fully saturated rings. The molecule has 208 valence electrons. The Hall–Kier alpha value is -4.43. The highest BCUT2D eigenvalue weighted by molar-refractivity contribution is 7.89. The number of morpholine rings is 1. The van der Waals surface area contributed by atoms with E-state index in [4.69, 9.17) is 14.1 Å². The van der Waals surface area contributed by atoms with E-state index in [1.54, 1.807) is 28.9 Å². The van der Waals surface area contributed by atoms with Crippen LogP contribution < -0.4 is 4.80 Å². The summed E-state index contributed by atoms with van der Waals surface area (Å²) in [5, 5.41) is 19.6. The van der Waals surface area contributed by atoms with Crippen molar-refractivity contribution in [3.63, 3.8) is 0 Å². The molecule has 0 amide bonds. The average Bonchev–Trinajstić information content (AvgIpc) is 3.64. The second-order valence-corrected chi connectivity index (χ2v) is 11.8. The van der Waals surface area contributed by atoms with E-state index in [2.05, 4.69) is 5.10 Å². The number of rotatable bonds is 7. The number of thiazole rings is 1. The molecule has 5 aromatic rings. The number of nitrogens with zero attached hydrogens (tertiary/aromatic N) is 5. The monoisotopic (exact) mass is 589 g/mol. The van der Waals surface area contributed by atoms with Crippen LogP contribution in [-0.2, 0) is 14.8 Å². The van der Waals surface area contributed by atoms with E-state index >= 15 is 0 Å². The molecule has 0 unspecified atom stereocenters. The summed E-state index contributed by atoms with van der Waals surface area (Å²) >= 11 is 1.36. The fourth-order valence-corrected chi connectivity index (χ4v) is 6.74. The first kappa shape index (κ1) is 26.8. The van der Waals surface area contributed by atoms with Gasteiger partial charge in [-0.2, -0.15) is 9.41 Å². The standard InChI is InChI=1S/C28H23N5O6S2/c34-33(35)27-13-10-22(39-27)18-29-32-26(25-7-3-5-20-4-1-2-6-24(20)25)19-40-28(32)30-21-8-11-23(12-9-21)41(36,37)31-14-16-38-17-15-31/h1-13,18-19H,14-17H2. The molecule has 13 heteroatoms. The molecule has 1 aliphatic rings. The first-order valence-electron chi connectivity index (χ1n) is 12.6. The normalized spacial score (nSPS) is 15.2. The van der Waals surface area contributed by atoms with E-state index in [1.165, 1.54) is 34.0 Å². The van der Waals surface area contributed by atoms with Crippen LogP contribution in [0.15, 0.2) is 104 Å². The number of nitro groups is 1. The van der Waals surface area contributed by atoms with Crippen molar-refractivity contribution in [3.05, 3.63) is 105 Å². The van der Waals surface area contributed by atoms with E-state index in [0.717, 1.165) is 22.0 Å². The maximum Gasteiger partial charge on any atom is 0.433 e. The lowest BCUT2D eigenvalue weighted by atomic mass is 10.0. The summed E-state index contributed by atoms with van der Waals surface area (Å²) in [5.41, 5.74) is 2.22. The van der Waals surface area contributed by atoms with Crippen molar-refractivity contribution >= 4 is 49.9 Å². The molecular formula is C28H23N5O6S2. The highest BCUT2D eigenvalue weighted by Crippen LogP contribution is 2.29. The first-order chi connectivity index (χ1) is 19.9. The summed E-state index contributed by atoms with van der Waals surface area (Å²) in [7, 11) is -3.63. The molecule has 0 spiro atoms. The quantitative estimate of drug-likeness (QED) is 0.149. The molecule has 1 aliphatic heterocycles. The number of hydrogen-bond acceptors (Lipinski definition) is 9. The number of sulfonamides is 1. The van der Waals surface area contributed by atoms with Crippen molar-refractivity contribution in [1.82, 2.24) is 8.98 Å². The molecule has 0 bridgehead atoms. The summed E-state index contributed by atoms with van der Waals surface area (Å²) in [5.74, 6) is -0.170. The Morgan fingerprint density at radius 3 is 2.46 bits per heavy atom. The van der Waals surface area contributed by atoms with Gasteiger partial charge in [0.05, 0.1) is 41.8 Å². The van der Waals surface area contributed by atoms with Gasteiger partial charge in [0.25, 0.3) is 0 Å². The Labute approximate surface area is 238 Å². The minimum Gasteiger partial charge on any atom is -0.400 e. The molecule has 0 atom stereocenters. The highest BCUT2D eigenvalue weighted by atomic mass is 32.2.